The number of aryl methyl sites for hydroxylation is 1. The summed E-state index contributed by atoms with van der Waals surface area (Å²) in [6, 6.07) is -0.0135. The van der Waals surface area contributed by atoms with Gasteiger partial charge in [-0.15, -0.1) is 0 Å². The summed E-state index contributed by atoms with van der Waals surface area (Å²) in [6.07, 6.45) is 1.85. The molecule has 0 amide bonds. The SMILES string of the molecule is Cn1ncnc1CC(=O)C1CSCCN1. The molecule has 1 N–H and O–H groups in total. The number of rotatable bonds is 3. The van der Waals surface area contributed by atoms with Crippen LogP contribution in [0.3, 0.4) is 0 Å². The van der Waals surface area contributed by atoms with Crippen LogP contribution in [0.15, 0.2) is 6.33 Å². The Bertz CT molecular complexity index is 346. The highest BCUT2D eigenvalue weighted by molar-refractivity contribution is 7.99. The van der Waals surface area contributed by atoms with E-state index in [9.17, 15) is 4.79 Å². The summed E-state index contributed by atoms with van der Waals surface area (Å²) in [7, 11) is 1.80. The fourth-order valence-corrected chi connectivity index (χ4v) is 2.50. The molecule has 0 saturated carbocycles. The van der Waals surface area contributed by atoms with E-state index in [4.69, 9.17) is 0 Å². The minimum absolute atomic E-state index is 0.0135. The van der Waals surface area contributed by atoms with Crippen LogP contribution in [0.2, 0.25) is 0 Å². The minimum Gasteiger partial charge on any atom is -0.306 e. The Labute approximate surface area is 92.6 Å². The van der Waals surface area contributed by atoms with Crippen molar-refractivity contribution in [1.29, 1.82) is 0 Å². The van der Waals surface area contributed by atoms with Gasteiger partial charge in [0.15, 0.2) is 5.78 Å². The number of nitrogens with one attached hydrogen (secondary N) is 1. The molecule has 0 aromatic carbocycles. The normalized spacial score (nSPS) is 21.5. The van der Waals surface area contributed by atoms with E-state index in [0.717, 1.165) is 23.9 Å². The molecule has 1 aliphatic heterocycles. The third-order valence-corrected chi connectivity index (χ3v) is 3.51. The van der Waals surface area contributed by atoms with E-state index in [1.165, 1.54) is 6.33 Å². The van der Waals surface area contributed by atoms with Crippen molar-refractivity contribution in [2.45, 2.75) is 12.5 Å². The molecule has 15 heavy (non-hydrogen) atoms. The highest BCUT2D eigenvalue weighted by atomic mass is 32.2. The average Bonchev–Trinajstić information content (AvgIpc) is 2.66. The summed E-state index contributed by atoms with van der Waals surface area (Å²) < 4.78 is 1.65. The van der Waals surface area contributed by atoms with Crippen LogP contribution in [-0.2, 0) is 18.3 Å². The van der Waals surface area contributed by atoms with Gasteiger partial charge in [-0.1, -0.05) is 0 Å². The Kier molecular flexibility index (Phi) is 3.37. The molecule has 2 rings (SSSR count). The van der Waals surface area contributed by atoms with E-state index in [1.54, 1.807) is 11.7 Å². The lowest BCUT2D eigenvalue weighted by Gasteiger charge is -2.21. The maximum atomic E-state index is 11.9. The van der Waals surface area contributed by atoms with Crippen LogP contribution in [0.25, 0.3) is 0 Å². The molecule has 6 heteroatoms. The molecule has 5 nitrogen and oxygen atoms in total. The van der Waals surface area contributed by atoms with Crippen molar-refractivity contribution < 1.29 is 4.79 Å². The van der Waals surface area contributed by atoms with Crippen LogP contribution in [0.4, 0.5) is 0 Å². The first kappa shape index (κ1) is 10.6. The van der Waals surface area contributed by atoms with Crippen LogP contribution in [0, 0.1) is 0 Å². The molecule has 0 spiro atoms. The number of hydrogen-bond acceptors (Lipinski definition) is 5. The van der Waals surface area contributed by atoms with Crippen molar-refractivity contribution in [3.63, 3.8) is 0 Å². The number of carbonyl (C=O) groups is 1. The minimum atomic E-state index is -0.0135. The number of nitrogens with zero attached hydrogens (tertiary/aromatic N) is 3. The summed E-state index contributed by atoms with van der Waals surface area (Å²) in [5.41, 5.74) is 0. The molecular formula is C9H14N4OS. The number of aromatic nitrogens is 3. The molecule has 0 aliphatic carbocycles. The van der Waals surface area contributed by atoms with Crippen molar-refractivity contribution in [2.24, 2.45) is 7.05 Å². The number of Topliss-reactive ketones (excluding diaryl/α,β-unsaturated/α-hetero) is 1. The van der Waals surface area contributed by atoms with Gasteiger partial charge in [0.2, 0.25) is 0 Å². The Balaban J connectivity index is 1.94. The van der Waals surface area contributed by atoms with Gasteiger partial charge in [0.25, 0.3) is 0 Å². The summed E-state index contributed by atoms with van der Waals surface area (Å²) in [4.78, 5) is 15.9. The summed E-state index contributed by atoms with van der Waals surface area (Å²) in [5.74, 6) is 2.90. The molecule has 1 aromatic heterocycles. The van der Waals surface area contributed by atoms with E-state index < -0.39 is 0 Å². The van der Waals surface area contributed by atoms with Gasteiger partial charge in [-0.2, -0.15) is 16.9 Å². The molecular weight excluding hydrogens is 212 g/mol. The standard InChI is InChI=1S/C9H14N4OS/c1-13-9(11-6-12-13)4-8(14)7-5-15-3-2-10-7/h6-7,10H,2-5H2,1H3. The second-order valence-electron chi connectivity index (χ2n) is 3.52. The summed E-state index contributed by atoms with van der Waals surface area (Å²) in [5, 5.41) is 7.17. The van der Waals surface area contributed by atoms with E-state index in [0.29, 0.717) is 6.42 Å². The van der Waals surface area contributed by atoms with Crippen LogP contribution < -0.4 is 5.32 Å². The quantitative estimate of drug-likeness (QED) is 0.762. The molecule has 1 aliphatic rings. The van der Waals surface area contributed by atoms with Crippen LogP contribution in [0.5, 0.6) is 0 Å². The molecule has 2 heterocycles. The zero-order valence-electron chi connectivity index (χ0n) is 8.64. The van der Waals surface area contributed by atoms with Gasteiger partial charge in [-0.05, 0) is 0 Å². The Morgan fingerprint density at radius 3 is 3.27 bits per heavy atom. The fourth-order valence-electron chi connectivity index (χ4n) is 1.53. The summed E-state index contributed by atoms with van der Waals surface area (Å²) in [6.45, 7) is 0.917. The van der Waals surface area contributed by atoms with E-state index in [2.05, 4.69) is 15.4 Å². The van der Waals surface area contributed by atoms with Gasteiger partial charge >= 0.3 is 0 Å². The van der Waals surface area contributed by atoms with Gasteiger partial charge in [0.1, 0.15) is 12.2 Å². The smallest absolute Gasteiger partial charge is 0.158 e. The topological polar surface area (TPSA) is 59.8 Å². The maximum Gasteiger partial charge on any atom is 0.158 e. The number of hydrogen-bond donors (Lipinski definition) is 1. The molecule has 1 atom stereocenters. The number of ketones is 1. The van der Waals surface area contributed by atoms with Gasteiger partial charge in [0, 0.05) is 25.1 Å². The van der Waals surface area contributed by atoms with E-state index in [1.807, 2.05) is 11.8 Å². The van der Waals surface area contributed by atoms with Crippen LogP contribution in [-0.4, -0.2) is 44.6 Å². The van der Waals surface area contributed by atoms with E-state index >= 15 is 0 Å². The lowest BCUT2D eigenvalue weighted by atomic mass is 10.1. The molecule has 1 aromatic rings. The first-order valence-electron chi connectivity index (χ1n) is 4.94. The maximum absolute atomic E-state index is 11.9. The molecule has 0 bridgehead atoms. The monoisotopic (exact) mass is 226 g/mol. The third-order valence-electron chi connectivity index (χ3n) is 2.45. The first-order chi connectivity index (χ1) is 7.27. The third kappa shape index (κ3) is 2.57. The highest BCUT2D eigenvalue weighted by Gasteiger charge is 2.22. The first-order valence-corrected chi connectivity index (χ1v) is 6.09. The van der Waals surface area contributed by atoms with Gasteiger partial charge in [0.05, 0.1) is 12.5 Å². The van der Waals surface area contributed by atoms with Crippen molar-refractivity contribution in [3.8, 4) is 0 Å². The Morgan fingerprint density at radius 1 is 1.80 bits per heavy atom. The molecule has 82 valence electrons. The molecule has 1 fully saturated rings. The van der Waals surface area contributed by atoms with Gasteiger partial charge in [-0.25, -0.2) is 4.98 Å². The lowest BCUT2D eigenvalue weighted by molar-refractivity contribution is -0.120. The highest BCUT2D eigenvalue weighted by Crippen LogP contribution is 2.09. The Hall–Kier alpha value is -0.880. The largest absolute Gasteiger partial charge is 0.306 e. The second-order valence-corrected chi connectivity index (χ2v) is 4.67. The molecule has 0 radical (unpaired) electrons. The number of thioether (sulfide) groups is 1. The Morgan fingerprint density at radius 2 is 2.67 bits per heavy atom. The van der Waals surface area contributed by atoms with E-state index in [-0.39, 0.29) is 11.8 Å². The van der Waals surface area contributed by atoms with Crippen molar-refractivity contribution in [2.75, 3.05) is 18.1 Å². The zero-order valence-corrected chi connectivity index (χ0v) is 9.46. The predicted molar refractivity (Wildman–Crippen MR) is 58.8 cm³/mol. The average molecular weight is 226 g/mol. The predicted octanol–water partition coefficient (Wildman–Crippen LogP) is -0.368. The van der Waals surface area contributed by atoms with Crippen molar-refractivity contribution >= 4 is 17.5 Å². The van der Waals surface area contributed by atoms with Crippen molar-refractivity contribution in [3.05, 3.63) is 12.2 Å². The van der Waals surface area contributed by atoms with Gasteiger partial charge < -0.3 is 5.32 Å². The van der Waals surface area contributed by atoms with Crippen molar-refractivity contribution in [1.82, 2.24) is 20.1 Å². The molecule has 1 unspecified atom stereocenters. The second kappa shape index (κ2) is 4.76. The van der Waals surface area contributed by atoms with Crippen LogP contribution in [0.1, 0.15) is 5.82 Å². The molecule has 1 saturated heterocycles. The number of carbonyl (C=O) groups excluding carboxylic acids is 1. The van der Waals surface area contributed by atoms with Crippen LogP contribution >= 0.6 is 11.8 Å². The fraction of sp³-hybridized carbons (Fsp3) is 0.667. The zero-order chi connectivity index (χ0) is 10.7. The van der Waals surface area contributed by atoms with Gasteiger partial charge in [-0.3, -0.25) is 9.48 Å². The lowest BCUT2D eigenvalue weighted by Crippen LogP contribution is -2.44. The summed E-state index contributed by atoms with van der Waals surface area (Å²) >= 11 is 1.82.